The molecule has 158 valence electrons. The van der Waals surface area contributed by atoms with Crippen LogP contribution in [0.25, 0.3) is 0 Å². The highest BCUT2D eigenvalue weighted by atomic mass is 35.5. The van der Waals surface area contributed by atoms with Gasteiger partial charge in [0.25, 0.3) is 5.69 Å². The van der Waals surface area contributed by atoms with Crippen molar-refractivity contribution >= 4 is 24.2 Å². The van der Waals surface area contributed by atoms with Gasteiger partial charge in [-0.2, -0.15) is 0 Å². The van der Waals surface area contributed by atoms with E-state index in [1.807, 2.05) is 26.2 Å². The molecule has 0 aliphatic heterocycles. The van der Waals surface area contributed by atoms with Crippen molar-refractivity contribution in [1.82, 2.24) is 9.80 Å². The molecule has 0 spiro atoms. The molecular formula is C20H26ClN3O5. The number of amides is 1. The molecule has 9 heteroatoms. The second kappa shape index (κ2) is 11.2. The lowest BCUT2D eigenvalue weighted by atomic mass is 10.0. The number of halogens is 1. The molecule has 0 aliphatic carbocycles. The van der Waals surface area contributed by atoms with Gasteiger partial charge >= 0.3 is 6.09 Å². The third kappa shape index (κ3) is 7.24. The molecule has 0 saturated carbocycles. The fourth-order valence-electron chi connectivity index (χ4n) is 2.63. The highest BCUT2D eigenvalue weighted by Gasteiger charge is 2.15. The molecule has 2 aromatic carbocycles. The first-order chi connectivity index (χ1) is 13.3. The predicted molar refractivity (Wildman–Crippen MR) is 113 cm³/mol. The lowest BCUT2D eigenvalue weighted by Crippen LogP contribution is -2.25. The topological polar surface area (TPSA) is 85.1 Å². The Morgan fingerprint density at radius 1 is 1.00 bits per heavy atom. The maximum Gasteiger partial charge on any atom is 0.414 e. The molecular weight excluding hydrogens is 398 g/mol. The number of hydrogen-bond acceptors (Lipinski definition) is 6. The predicted octanol–water partition coefficient (Wildman–Crippen LogP) is 4.15. The van der Waals surface area contributed by atoms with E-state index in [9.17, 15) is 14.9 Å². The number of hydrogen-bond donors (Lipinski definition) is 0. The number of nitrogens with zero attached hydrogens (tertiary/aromatic N) is 3. The van der Waals surface area contributed by atoms with E-state index in [0.717, 1.165) is 12.0 Å². The van der Waals surface area contributed by atoms with Crippen LogP contribution >= 0.6 is 12.4 Å². The summed E-state index contributed by atoms with van der Waals surface area (Å²) in [6, 6.07) is 13.5. The van der Waals surface area contributed by atoms with Crippen LogP contribution in [-0.4, -0.2) is 55.6 Å². The summed E-state index contributed by atoms with van der Waals surface area (Å²) in [6.45, 7) is 0.456. The molecule has 2 rings (SSSR count). The zero-order valence-electron chi connectivity index (χ0n) is 16.9. The Morgan fingerprint density at radius 2 is 1.55 bits per heavy atom. The van der Waals surface area contributed by atoms with Crippen molar-refractivity contribution < 1.29 is 19.2 Å². The van der Waals surface area contributed by atoms with Crippen molar-refractivity contribution in [2.45, 2.75) is 12.5 Å². The molecule has 0 radical (unpaired) electrons. The molecule has 2 aromatic rings. The van der Waals surface area contributed by atoms with E-state index in [2.05, 4.69) is 4.90 Å². The minimum atomic E-state index is -0.439. The van der Waals surface area contributed by atoms with Crippen LogP contribution in [-0.2, 0) is 0 Å². The van der Waals surface area contributed by atoms with Gasteiger partial charge in [0.05, 0.1) is 11.5 Å². The average molecular weight is 424 g/mol. The van der Waals surface area contributed by atoms with Crippen LogP contribution in [0.2, 0.25) is 0 Å². The van der Waals surface area contributed by atoms with Gasteiger partial charge in [0.15, 0.2) is 0 Å². The molecule has 29 heavy (non-hydrogen) atoms. The first-order valence-corrected chi connectivity index (χ1v) is 8.80. The quantitative estimate of drug-likeness (QED) is 0.468. The van der Waals surface area contributed by atoms with E-state index in [4.69, 9.17) is 9.47 Å². The normalized spacial score (nSPS) is 11.3. The largest absolute Gasteiger partial charge is 0.494 e. The van der Waals surface area contributed by atoms with Gasteiger partial charge in [0, 0.05) is 38.7 Å². The molecule has 0 aliphatic rings. The van der Waals surface area contributed by atoms with Crippen LogP contribution in [0.15, 0.2) is 48.5 Å². The SMILES string of the molecule is CN(C)C(=O)Oc1ccc(C(CCOc2ccc([N+](=O)[O-])cc2)N(C)C)cc1.Cl. The van der Waals surface area contributed by atoms with Gasteiger partial charge < -0.3 is 19.3 Å². The maximum atomic E-state index is 11.6. The smallest absolute Gasteiger partial charge is 0.414 e. The summed E-state index contributed by atoms with van der Waals surface area (Å²) in [5.74, 6) is 1.08. The second-order valence-corrected chi connectivity index (χ2v) is 6.70. The van der Waals surface area contributed by atoms with E-state index in [0.29, 0.717) is 18.1 Å². The number of non-ortho nitro benzene ring substituents is 1. The molecule has 1 amide bonds. The molecule has 1 atom stereocenters. The van der Waals surface area contributed by atoms with Crippen LogP contribution < -0.4 is 9.47 Å². The molecule has 8 nitrogen and oxygen atoms in total. The molecule has 0 bridgehead atoms. The number of carbonyl (C=O) groups is 1. The Morgan fingerprint density at radius 3 is 2.03 bits per heavy atom. The Balaban J connectivity index is 0.00000420. The van der Waals surface area contributed by atoms with E-state index in [-0.39, 0.29) is 24.1 Å². The van der Waals surface area contributed by atoms with E-state index < -0.39 is 11.0 Å². The Bertz CT molecular complexity index is 795. The second-order valence-electron chi connectivity index (χ2n) is 6.70. The van der Waals surface area contributed by atoms with Crippen molar-refractivity contribution in [2.75, 3.05) is 34.8 Å². The molecule has 0 saturated heterocycles. The standard InChI is InChI=1S/C20H25N3O5.ClH/c1-21(2)19(13-14-27-17-11-7-16(8-12-17)23(25)26)15-5-9-18(10-6-15)28-20(24)22(3)4;/h5-12,19H,13-14H2,1-4H3;1H. The monoisotopic (exact) mass is 423 g/mol. The Hall–Kier alpha value is -2.84. The highest BCUT2D eigenvalue weighted by Crippen LogP contribution is 2.25. The third-order valence-corrected chi connectivity index (χ3v) is 4.17. The average Bonchev–Trinajstić information content (AvgIpc) is 2.66. The number of benzene rings is 2. The van der Waals surface area contributed by atoms with Crippen LogP contribution in [0.1, 0.15) is 18.0 Å². The summed E-state index contributed by atoms with van der Waals surface area (Å²) >= 11 is 0. The first kappa shape index (κ1) is 24.2. The zero-order valence-corrected chi connectivity index (χ0v) is 17.7. The van der Waals surface area contributed by atoms with Gasteiger partial charge in [-0.1, -0.05) is 12.1 Å². The molecule has 0 heterocycles. The lowest BCUT2D eigenvalue weighted by Gasteiger charge is -2.25. The Kier molecular flexibility index (Phi) is 9.37. The summed E-state index contributed by atoms with van der Waals surface area (Å²) in [4.78, 5) is 25.3. The maximum absolute atomic E-state index is 11.6. The zero-order chi connectivity index (χ0) is 20.7. The fourth-order valence-corrected chi connectivity index (χ4v) is 2.63. The van der Waals surface area contributed by atoms with Crippen molar-refractivity contribution in [1.29, 1.82) is 0 Å². The number of carbonyl (C=O) groups excluding carboxylic acids is 1. The molecule has 0 N–H and O–H groups in total. The van der Waals surface area contributed by atoms with Crippen molar-refractivity contribution in [3.63, 3.8) is 0 Å². The fraction of sp³-hybridized carbons (Fsp3) is 0.350. The van der Waals surface area contributed by atoms with Crippen molar-refractivity contribution in [3.05, 3.63) is 64.2 Å². The van der Waals surface area contributed by atoms with Gasteiger partial charge in [-0.25, -0.2) is 4.79 Å². The minimum absolute atomic E-state index is 0. The summed E-state index contributed by atoms with van der Waals surface area (Å²) in [6.07, 6.45) is 0.300. The van der Waals surface area contributed by atoms with Crippen molar-refractivity contribution in [2.24, 2.45) is 0 Å². The minimum Gasteiger partial charge on any atom is -0.494 e. The van der Waals surface area contributed by atoms with Gasteiger partial charge in [-0.3, -0.25) is 10.1 Å². The summed E-state index contributed by atoms with van der Waals surface area (Å²) in [7, 11) is 7.22. The van der Waals surface area contributed by atoms with Crippen LogP contribution in [0.5, 0.6) is 11.5 Å². The molecule has 1 unspecified atom stereocenters. The summed E-state index contributed by atoms with van der Waals surface area (Å²) in [5.41, 5.74) is 1.11. The van der Waals surface area contributed by atoms with Crippen LogP contribution in [0, 0.1) is 10.1 Å². The van der Waals surface area contributed by atoms with Gasteiger partial charge in [-0.05, 0) is 43.9 Å². The number of nitro groups is 1. The van der Waals surface area contributed by atoms with E-state index >= 15 is 0 Å². The third-order valence-electron chi connectivity index (χ3n) is 4.17. The van der Waals surface area contributed by atoms with Crippen molar-refractivity contribution in [3.8, 4) is 11.5 Å². The lowest BCUT2D eigenvalue weighted by molar-refractivity contribution is -0.384. The summed E-state index contributed by atoms with van der Waals surface area (Å²) in [5, 5.41) is 10.7. The van der Waals surface area contributed by atoms with Gasteiger partial charge in [-0.15, -0.1) is 12.4 Å². The highest BCUT2D eigenvalue weighted by molar-refractivity contribution is 5.85. The number of ether oxygens (including phenoxy) is 2. The van der Waals surface area contributed by atoms with E-state index in [1.165, 1.54) is 17.0 Å². The van der Waals surface area contributed by atoms with Gasteiger partial charge in [0.1, 0.15) is 11.5 Å². The number of nitro benzene ring substituents is 1. The van der Waals surface area contributed by atoms with Crippen LogP contribution in [0.3, 0.4) is 0 Å². The summed E-state index contributed by atoms with van der Waals surface area (Å²) < 4.78 is 11.0. The number of rotatable bonds is 8. The molecule has 0 fully saturated rings. The van der Waals surface area contributed by atoms with E-state index in [1.54, 1.807) is 38.4 Å². The van der Waals surface area contributed by atoms with Gasteiger partial charge in [0.2, 0.25) is 0 Å². The molecule has 0 aromatic heterocycles. The first-order valence-electron chi connectivity index (χ1n) is 8.80. The Labute approximate surface area is 176 Å². The van der Waals surface area contributed by atoms with Crippen LogP contribution in [0.4, 0.5) is 10.5 Å².